The van der Waals surface area contributed by atoms with Crippen molar-refractivity contribution in [1.29, 1.82) is 0 Å². The molecule has 0 heterocycles. The summed E-state index contributed by atoms with van der Waals surface area (Å²) in [5.41, 5.74) is 1.18. The van der Waals surface area contributed by atoms with Gasteiger partial charge in [-0.25, -0.2) is 4.39 Å². The average Bonchev–Trinajstić information content (AvgIpc) is 2.05. The van der Waals surface area contributed by atoms with E-state index in [4.69, 9.17) is 0 Å². The molecule has 0 aliphatic rings. The Bertz CT molecular complexity index is 215. The van der Waals surface area contributed by atoms with Gasteiger partial charge in [0.1, 0.15) is 13.0 Å². The van der Waals surface area contributed by atoms with Crippen molar-refractivity contribution in [1.82, 2.24) is 0 Å². The maximum Gasteiger partial charge on any atom is 0.150 e. The molecule has 52 valence electrons. The minimum absolute atomic E-state index is 0.473. The molecule has 0 radical (unpaired) electrons. The van der Waals surface area contributed by atoms with Crippen LogP contribution >= 0.6 is 0 Å². The molecule has 10 heavy (non-hydrogen) atoms. The maximum absolute atomic E-state index is 11.9. The lowest BCUT2D eigenvalue weighted by atomic mass is 10.2. The largest absolute Gasteiger partial charge is 0.298 e. The van der Waals surface area contributed by atoms with Crippen molar-refractivity contribution in [3.63, 3.8) is 0 Å². The Balaban J connectivity index is 2.90. The van der Waals surface area contributed by atoms with Crippen molar-refractivity contribution in [3.05, 3.63) is 35.4 Å². The monoisotopic (exact) mass is 137 g/mol. The smallest absolute Gasteiger partial charge is 0.150 e. The van der Waals surface area contributed by atoms with Crippen LogP contribution in [0.3, 0.4) is 0 Å². The van der Waals surface area contributed by atoms with E-state index in [9.17, 15) is 9.18 Å². The summed E-state index contributed by atoms with van der Waals surface area (Å²) in [7, 11) is 0. The molecule has 1 aromatic rings. The quantitative estimate of drug-likeness (QED) is 0.569. The van der Waals surface area contributed by atoms with Crippen molar-refractivity contribution in [2.24, 2.45) is 0 Å². The predicted octanol–water partition coefficient (Wildman–Crippen LogP) is 1.97. The SMILES string of the molecule is O=Cc1ccc(C[18F])cc1. The summed E-state index contributed by atoms with van der Waals surface area (Å²) in [6, 6.07) is 6.40. The Morgan fingerprint density at radius 3 is 2.30 bits per heavy atom. The third kappa shape index (κ3) is 1.41. The highest BCUT2D eigenvalue weighted by Gasteiger charge is 1.90. The highest BCUT2D eigenvalue weighted by molar-refractivity contribution is 5.74. The number of rotatable bonds is 2. The van der Waals surface area contributed by atoms with Gasteiger partial charge in [-0.05, 0) is 5.56 Å². The standard InChI is InChI=1S/C8H7FO/c9-5-7-1-3-8(6-10)4-2-7/h1-4,6H,5H2/i9-1. The molecule has 0 aliphatic heterocycles. The van der Waals surface area contributed by atoms with Crippen LogP contribution in [0.2, 0.25) is 0 Å². The lowest BCUT2D eigenvalue weighted by Crippen LogP contribution is -1.80. The van der Waals surface area contributed by atoms with Crippen molar-refractivity contribution in [2.75, 3.05) is 0 Å². The first-order chi connectivity index (χ1) is 4.86. The zero-order chi connectivity index (χ0) is 7.40. The maximum atomic E-state index is 11.9. The molecule has 1 aromatic carbocycles. The van der Waals surface area contributed by atoms with E-state index in [-0.39, 0.29) is 0 Å². The van der Waals surface area contributed by atoms with Crippen LogP contribution in [0.25, 0.3) is 0 Å². The number of hydrogen-bond donors (Lipinski definition) is 0. The molecule has 0 aliphatic carbocycles. The number of benzene rings is 1. The molecule has 0 saturated carbocycles. The second kappa shape index (κ2) is 3.11. The Hall–Kier alpha value is -1.18. The summed E-state index contributed by atoms with van der Waals surface area (Å²) >= 11 is 0. The molecule has 0 N–H and O–H groups in total. The number of carbonyl (C=O) groups is 1. The summed E-state index contributed by atoms with van der Waals surface area (Å²) in [5, 5.41) is 0. The van der Waals surface area contributed by atoms with Gasteiger partial charge in [0.2, 0.25) is 0 Å². The van der Waals surface area contributed by atoms with Gasteiger partial charge in [0.15, 0.2) is 0 Å². The zero-order valence-electron chi connectivity index (χ0n) is 5.38. The first-order valence-electron chi connectivity index (χ1n) is 2.97. The molecule has 0 atom stereocenters. The second-order valence-electron chi connectivity index (χ2n) is 1.99. The van der Waals surface area contributed by atoms with Gasteiger partial charge in [0.05, 0.1) is 0 Å². The van der Waals surface area contributed by atoms with Crippen LogP contribution in [0, 0.1) is 0 Å². The number of halogens is 1. The third-order valence-corrected chi connectivity index (χ3v) is 1.27. The molecular formula is C8H7FO. The van der Waals surface area contributed by atoms with Crippen LogP contribution in [0.1, 0.15) is 15.9 Å². The fraction of sp³-hybridized carbons (Fsp3) is 0.125. The molecule has 0 amide bonds. The van der Waals surface area contributed by atoms with E-state index in [1.54, 1.807) is 24.3 Å². The van der Waals surface area contributed by atoms with Crippen molar-refractivity contribution in [2.45, 2.75) is 6.67 Å². The minimum Gasteiger partial charge on any atom is -0.298 e. The van der Waals surface area contributed by atoms with Crippen LogP contribution in [-0.4, -0.2) is 6.29 Å². The van der Waals surface area contributed by atoms with Crippen LogP contribution in [0.5, 0.6) is 0 Å². The molecule has 0 unspecified atom stereocenters. The zero-order valence-corrected chi connectivity index (χ0v) is 5.38. The summed E-state index contributed by atoms with van der Waals surface area (Å²) < 4.78 is 11.9. The molecule has 0 fully saturated rings. The highest BCUT2D eigenvalue weighted by atomic mass is 18.2. The fourth-order valence-corrected chi connectivity index (χ4v) is 0.685. The van der Waals surface area contributed by atoms with Crippen molar-refractivity contribution in [3.8, 4) is 0 Å². The number of carbonyl (C=O) groups excluding carboxylic acids is 1. The summed E-state index contributed by atoms with van der Waals surface area (Å²) in [6.07, 6.45) is 0.738. The first-order valence-corrected chi connectivity index (χ1v) is 2.97. The number of aldehydes is 1. The number of hydrogen-bond acceptors (Lipinski definition) is 1. The first kappa shape index (κ1) is 6.93. The van der Waals surface area contributed by atoms with Crippen LogP contribution < -0.4 is 0 Å². The van der Waals surface area contributed by atoms with Crippen molar-refractivity contribution >= 4 is 6.29 Å². The fourth-order valence-electron chi connectivity index (χ4n) is 0.685. The van der Waals surface area contributed by atoms with E-state index in [2.05, 4.69) is 0 Å². The van der Waals surface area contributed by atoms with Crippen LogP contribution in [0.4, 0.5) is 4.39 Å². The Morgan fingerprint density at radius 1 is 1.30 bits per heavy atom. The van der Waals surface area contributed by atoms with E-state index in [0.29, 0.717) is 11.1 Å². The summed E-state index contributed by atoms with van der Waals surface area (Å²) in [5.74, 6) is 0. The number of alkyl halides is 1. The second-order valence-corrected chi connectivity index (χ2v) is 1.99. The molecule has 1 nitrogen and oxygen atoms in total. The highest BCUT2D eigenvalue weighted by Crippen LogP contribution is 2.02. The minimum atomic E-state index is -0.473. The molecule has 0 spiro atoms. The molecular weight excluding hydrogens is 130 g/mol. The molecule has 1 rings (SSSR count). The van der Waals surface area contributed by atoms with Crippen LogP contribution in [-0.2, 0) is 6.67 Å². The van der Waals surface area contributed by atoms with E-state index < -0.39 is 6.67 Å². The summed E-state index contributed by atoms with van der Waals surface area (Å²) in [4.78, 5) is 10.1. The van der Waals surface area contributed by atoms with Gasteiger partial charge in [-0.1, -0.05) is 24.3 Å². The Kier molecular flexibility index (Phi) is 2.15. The normalized spacial score (nSPS) is 9.30. The molecule has 0 aromatic heterocycles. The molecule has 0 bridgehead atoms. The third-order valence-electron chi connectivity index (χ3n) is 1.27. The van der Waals surface area contributed by atoms with Gasteiger partial charge in [-0.2, -0.15) is 0 Å². The van der Waals surface area contributed by atoms with Crippen molar-refractivity contribution < 1.29 is 9.18 Å². The van der Waals surface area contributed by atoms with E-state index in [0.717, 1.165) is 6.29 Å². The van der Waals surface area contributed by atoms with Crippen LogP contribution in [0.15, 0.2) is 24.3 Å². The molecule has 2 heteroatoms. The topological polar surface area (TPSA) is 17.1 Å². The predicted molar refractivity (Wildman–Crippen MR) is 36.6 cm³/mol. The van der Waals surface area contributed by atoms with E-state index >= 15 is 0 Å². The van der Waals surface area contributed by atoms with Gasteiger partial charge in [-0.15, -0.1) is 0 Å². The van der Waals surface area contributed by atoms with E-state index in [1.165, 1.54) is 0 Å². The lowest BCUT2D eigenvalue weighted by Gasteiger charge is -1.92. The Labute approximate surface area is 58.5 Å². The molecule has 0 saturated heterocycles. The Morgan fingerprint density at radius 2 is 1.90 bits per heavy atom. The summed E-state index contributed by atoms with van der Waals surface area (Å²) in [6.45, 7) is -0.473. The van der Waals surface area contributed by atoms with Gasteiger partial charge in [0.25, 0.3) is 0 Å². The van der Waals surface area contributed by atoms with Gasteiger partial charge < -0.3 is 0 Å². The lowest BCUT2D eigenvalue weighted by molar-refractivity contribution is 0.112. The van der Waals surface area contributed by atoms with E-state index in [1.807, 2.05) is 0 Å². The van der Waals surface area contributed by atoms with Gasteiger partial charge in [0, 0.05) is 5.56 Å². The van der Waals surface area contributed by atoms with Gasteiger partial charge >= 0.3 is 0 Å². The average molecular weight is 137 g/mol. The van der Waals surface area contributed by atoms with Gasteiger partial charge in [-0.3, -0.25) is 4.79 Å².